The molecular weight excluding hydrogens is 246 g/mol. The van der Waals surface area contributed by atoms with Gasteiger partial charge in [0.2, 0.25) is 0 Å². The Balaban J connectivity index is 2.38. The quantitative estimate of drug-likeness (QED) is 0.693. The predicted octanol–water partition coefficient (Wildman–Crippen LogP) is 0.879. The first-order valence-corrected chi connectivity index (χ1v) is 6.87. The van der Waals surface area contributed by atoms with Crippen molar-refractivity contribution in [2.24, 2.45) is 5.92 Å². The first-order chi connectivity index (χ1) is 8.88. The van der Waals surface area contributed by atoms with Gasteiger partial charge in [0.05, 0.1) is 0 Å². The van der Waals surface area contributed by atoms with Gasteiger partial charge >= 0.3 is 12.0 Å². The molecule has 0 unspecified atom stereocenters. The van der Waals surface area contributed by atoms with Gasteiger partial charge in [0, 0.05) is 6.04 Å². The summed E-state index contributed by atoms with van der Waals surface area (Å²) in [6, 6.07) is -1.04. The number of hydrogen-bond donors (Lipinski definition) is 3. The lowest BCUT2D eigenvalue weighted by Gasteiger charge is -2.30. The molecule has 1 fully saturated rings. The third-order valence-corrected chi connectivity index (χ3v) is 3.36. The van der Waals surface area contributed by atoms with E-state index in [0.717, 1.165) is 25.9 Å². The van der Waals surface area contributed by atoms with Crippen LogP contribution in [0.25, 0.3) is 0 Å². The zero-order valence-corrected chi connectivity index (χ0v) is 12.0. The zero-order chi connectivity index (χ0) is 14.4. The molecule has 6 heteroatoms. The maximum atomic E-state index is 11.8. The number of nitrogens with one attached hydrogen (secondary N) is 2. The summed E-state index contributed by atoms with van der Waals surface area (Å²) in [5.74, 6) is -0.753. The van der Waals surface area contributed by atoms with Crippen molar-refractivity contribution in [1.29, 1.82) is 0 Å². The van der Waals surface area contributed by atoms with E-state index in [1.54, 1.807) is 0 Å². The minimum absolute atomic E-state index is 0.143. The van der Waals surface area contributed by atoms with Crippen LogP contribution in [0, 0.1) is 5.92 Å². The van der Waals surface area contributed by atoms with Crippen LogP contribution in [0.15, 0.2) is 0 Å². The van der Waals surface area contributed by atoms with Crippen molar-refractivity contribution < 1.29 is 14.7 Å². The largest absolute Gasteiger partial charge is 0.480 e. The van der Waals surface area contributed by atoms with Crippen molar-refractivity contribution in [3.8, 4) is 0 Å². The lowest BCUT2D eigenvalue weighted by Crippen LogP contribution is -2.51. The van der Waals surface area contributed by atoms with Gasteiger partial charge in [-0.05, 0) is 45.3 Å². The normalized spacial score (nSPS) is 19.2. The van der Waals surface area contributed by atoms with E-state index in [2.05, 4.69) is 22.6 Å². The highest BCUT2D eigenvalue weighted by molar-refractivity contribution is 5.82. The fourth-order valence-corrected chi connectivity index (χ4v) is 2.23. The van der Waals surface area contributed by atoms with Gasteiger partial charge in [-0.3, -0.25) is 0 Å². The summed E-state index contributed by atoms with van der Waals surface area (Å²) in [5, 5.41) is 14.5. The first-order valence-electron chi connectivity index (χ1n) is 6.87. The third-order valence-electron chi connectivity index (χ3n) is 3.36. The Morgan fingerprint density at radius 1 is 1.32 bits per heavy atom. The molecule has 0 aromatic heterocycles. The van der Waals surface area contributed by atoms with Crippen LogP contribution in [0.2, 0.25) is 0 Å². The van der Waals surface area contributed by atoms with Crippen molar-refractivity contribution in [3.05, 3.63) is 0 Å². The maximum absolute atomic E-state index is 11.8. The second-order valence-corrected chi connectivity index (χ2v) is 5.72. The zero-order valence-electron chi connectivity index (χ0n) is 12.0. The van der Waals surface area contributed by atoms with Crippen molar-refractivity contribution >= 4 is 12.0 Å². The van der Waals surface area contributed by atoms with Crippen LogP contribution in [0.5, 0.6) is 0 Å². The van der Waals surface area contributed by atoms with E-state index in [1.165, 1.54) is 0 Å². The number of carbonyl (C=O) groups excluding carboxylic acids is 1. The molecule has 1 saturated heterocycles. The Labute approximate surface area is 114 Å². The highest BCUT2D eigenvalue weighted by Crippen LogP contribution is 2.08. The Morgan fingerprint density at radius 3 is 2.37 bits per heavy atom. The molecule has 0 saturated carbocycles. The lowest BCUT2D eigenvalue weighted by atomic mass is 10.0. The number of rotatable bonds is 5. The van der Waals surface area contributed by atoms with E-state index in [4.69, 9.17) is 5.11 Å². The molecule has 0 spiro atoms. The monoisotopic (exact) mass is 271 g/mol. The van der Waals surface area contributed by atoms with Gasteiger partial charge in [-0.2, -0.15) is 0 Å². The van der Waals surface area contributed by atoms with Crippen molar-refractivity contribution in [1.82, 2.24) is 15.5 Å². The Morgan fingerprint density at radius 2 is 1.89 bits per heavy atom. The van der Waals surface area contributed by atoms with E-state index in [1.807, 2.05) is 13.8 Å². The number of carbonyl (C=O) groups is 2. The van der Waals surface area contributed by atoms with Crippen LogP contribution in [0.1, 0.15) is 33.1 Å². The molecule has 110 valence electrons. The van der Waals surface area contributed by atoms with E-state index >= 15 is 0 Å². The standard InChI is InChI=1S/C13H25N3O3/c1-9(2)8-11(12(17)18)15-13(19)14-10-4-6-16(3)7-5-10/h9-11H,4-8H2,1-3H3,(H,17,18)(H2,14,15,19)/t11-/m0/s1. The number of carboxylic acid groups (broad SMARTS) is 1. The fourth-order valence-electron chi connectivity index (χ4n) is 2.23. The van der Waals surface area contributed by atoms with Crippen LogP contribution in [-0.2, 0) is 4.79 Å². The molecule has 6 nitrogen and oxygen atoms in total. The van der Waals surface area contributed by atoms with Gasteiger partial charge in [0.25, 0.3) is 0 Å². The van der Waals surface area contributed by atoms with Crippen LogP contribution >= 0.6 is 0 Å². The van der Waals surface area contributed by atoms with Gasteiger partial charge in [0.15, 0.2) is 0 Å². The van der Waals surface area contributed by atoms with Crippen molar-refractivity contribution in [3.63, 3.8) is 0 Å². The minimum Gasteiger partial charge on any atom is -0.480 e. The predicted molar refractivity (Wildman–Crippen MR) is 73.1 cm³/mol. The molecule has 0 aliphatic carbocycles. The van der Waals surface area contributed by atoms with Gasteiger partial charge in [-0.15, -0.1) is 0 Å². The lowest BCUT2D eigenvalue weighted by molar-refractivity contribution is -0.139. The SMILES string of the molecule is CC(C)C[C@H](NC(=O)NC1CCN(C)CC1)C(=O)O. The molecule has 0 aromatic carbocycles. The summed E-state index contributed by atoms with van der Waals surface area (Å²) in [5.41, 5.74) is 0. The highest BCUT2D eigenvalue weighted by atomic mass is 16.4. The second-order valence-electron chi connectivity index (χ2n) is 5.72. The second kappa shape index (κ2) is 7.33. The summed E-state index contributed by atoms with van der Waals surface area (Å²) in [6.45, 7) is 5.79. The van der Waals surface area contributed by atoms with Crippen molar-refractivity contribution in [2.75, 3.05) is 20.1 Å². The average molecular weight is 271 g/mol. The van der Waals surface area contributed by atoms with Gasteiger partial charge in [-0.25, -0.2) is 9.59 Å². The Hall–Kier alpha value is -1.30. The maximum Gasteiger partial charge on any atom is 0.326 e. The number of amides is 2. The molecule has 0 bridgehead atoms. The number of piperidine rings is 1. The highest BCUT2D eigenvalue weighted by Gasteiger charge is 2.23. The van der Waals surface area contributed by atoms with E-state index in [9.17, 15) is 9.59 Å². The van der Waals surface area contributed by atoms with Crippen LogP contribution in [-0.4, -0.2) is 54.2 Å². The first kappa shape index (κ1) is 15.8. The van der Waals surface area contributed by atoms with Crippen LogP contribution in [0.3, 0.4) is 0 Å². The molecule has 19 heavy (non-hydrogen) atoms. The molecule has 0 aromatic rings. The molecular formula is C13H25N3O3. The van der Waals surface area contributed by atoms with Gasteiger partial charge in [-0.1, -0.05) is 13.8 Å². The average Bonchev–Trinajstić information content (AvgIpc) is 2.30. The number of urea groups is 1. The molecule has 0 radical (unpaired) electrons. The number of nitrogens with zero attached hydrogens (tertiary/aromatic N) is 1. The summed E-state index contributed by atoms with van der Waals surface area (Å²) >= 11 is 0. The van der Waals surface area contributed by atoms with Crippen LogP contribution in [0.4, 0.5) is 4.79 Å². The van der Waals surface area contributed by atoms with Crippen molar-refractivity contribution in [2.45, 2.75) is 45.2 Å². The summed E-state index contributed by atoms with van der Waals surface area (Å²) in [7, 11) is 2.05. The van der Waals surface area contributed by atoms with E-state index in [-0.39, 0.29) is 18.0 Å². The number of likely N-dealkylation sites (tertiary alicyclic amines) is 1. The number of carboxylic acids is 1. The molecule has 1 atom stereocenters. The summed E-state index contributed by atoms with van der Waals surface area (Å²) in [4.78, 5) is 25.1. The molecule has 1 heterocycles. The Bertz CT molecular complexity index is 312. The topological polar surface area (TPSA) is 81.7 Å². The summed E-state index contributed by atoms with van der Waals surface area (Å²) in [6.07, 6.45) is 2.26. The molecule has 3 N–H and O–H groups in total. The number of hydrogen-bond acceptors (Lipinski definition) is 3. The molecule has 1 rings (SSSR count). The smallest absolute Gasteiger partial charge is 0.326 e. The minimum atomic E-state index is -0.979. The third kappa shape index (κ3) is 5.92. The van der Waals surface area contributed by atoms with E-state index < -0.39 is 12.0 Å². The molecule has 2 amide bonds. The summed E-state index contributed by atoms with van der Waals surface area (Å²) < 4.78 is 0. The van der Waals surface area contributed by atoms with Crippen LogP contribution < -0.4 is 10.6 Å². The van der Waals surface area contributed by atoms with E-state index in [0.29, 0.717) is 6.42 Å². The van der Waals surface area contributed by atoms with Gasteiger partial charge < -0.3 is 20.6 Å². The molecule has 1 aliphatic heterocycles. The van der Waals surface area contributed by atoms with Gasteiger partial charge in [0.1, 0.15) is 6.04 Å². The molecule has 1 aliphatic rings. The number of aliphatic carboxylic acids is 1. The Kier molecular flexibility index (Phi) is 6.08. The fraction of sp³-hybridized carbons (Fsp3) is 0.846.